The van der Waals surface area contributed by atoms with Crippen LogP contribution in [0.25, 0.3) is 10.9 Å². The Morgan fingerprint density at radius 1 is 0.906 bits per heavy atom. The summed E-state index contributed by atoms with van der Waals surface area (Å²) < 4.78 is 13.2. The zero-order valence-corrected chi connectivity index (χ0v) is 17.8. The van der Waals surface area contributed by atoms with Crippen molar-refractivity contribution in [3.05, 3.63) is 72.4 Å². The van der Waals surface area contributed by atoms with E-state index in [1.165, 1.54) is 18.5 Å². The van der Waals surface area contributed by atoms with Crippen LogP contribution in [0.2, 0.25) is 0 Å². The Morgan fingerprint density at radius 2 is 1.66 bits per heavy atom. The number of nitrogens with two attached hydrogens (primary N) is 1. The number of fused-ring (bicyclic) bond motifs is 1. The molecule has 0 aliphatic carbocycles. The first-order valence-corrected chi connectivity index (χ1v) is 10.6. The molecule has 7 nitrogen and oxygen atoms in total. The number of hydrogen-bond donors (Lipinski definition) is 2. The molecule has 0 radical (unpaired) electrons. The molecule has 1 saturated heterocycles. The number of halogens is 1. The van der Waals surface area contributed by atoms with Crippen LogP contribution in [0.5, 0.6) is 0 Å². The van der Waals surface area contributed by atoms with E-state index < -0.39 is 0 Å². The van der Waals surface area contributed by atoms with Crippen LogP contribution < -0.4 is 20.9 Å². The van der Waals surface area contributed by atoms with Gasteiger partial charge in [-0.05, 0) is 55.5 Å². The second-order valence-corrected chi connectivity index (χ2v) is 7.86. The van der Waals surface area contributed by atoms with Crippen molar-refractivity contribution in [3.8, 4) is 0 Å². The first-order chi connectivity index (χ1) is 15.6. The Labute approximate surface area is 185 Å². The molecule has 1 aliphatic rings. The molecule has 8 heteroatoms. The molecule has 4 aromatic rings. The van der Waals surface area contributed by atoms with Crippen LogP contribution in [0.15, 0.2) is 60.9 Å². The Balaban J connectivity index is 1.35. The molecule has 0 atom stereocenters. The Hall–Kier alpha value is -3.94. The van der Waals surface area contributed by atoms with Gasteiger partial charge in [-0.1, -0.05) is 6.07 Å². The molecule has 0 unspecified atom stereocenters. The number of rotatable bonds is 4. The van der Waals surface area contributed by atoms with Crippen molar-refractivity contribution in [2.45, 2.75) is 6.92 Å². The van der Waals surface area contributed by atoms with Gasteiger partial charge in [-0.2, -0.15) is 0 Å². The molecule has 162 valence electrons. The minimum absolute atomic E-state index is 0.224. The zero-order valence-electron chi connectivity index (χ0n) is 17.8. The molecule has 2 aromatic heterocycles. The number of aryl methyl sites for hydroxylation is 1. The van der Waals surface area contributed by atoms with Gasteiger partial charge < -0.3 is 20.9 Å². The minimum atomic E-state index is -0.224. The van der Waals surface area contributed by atoms with Crippen LogP contribution in [0.4, 0.5) is 33.1 Å². The van der Waals surface area contributed by atoms with Gasteiger partial charge in [0.05, 0.1) is 5.52 Å². The number of benzene rings is 2. The van der Waals surface area contributed by atoms with Crippen LogP contribution in [0.3, 0.4) is 0 Å². The third-order valence-electron chi connectivity index (χ3n) is 5.76. The van der Waals surface area contributed by atoms with Crippen molar-refractivity contribution >= 4 is 39.6 Å². The van der Waals surface area contributed by atoms with Crippen molar-refractivity contribution in [3.63, 3.8) is 0 Å². The molecular formula is C24H24FN7. The SMILES string of the molecule is Cc1ccc2c(Nc3ncnc(N4CCN(c5ccc(F)cc5)CC4)c3N)cccc2n1. The number of hydrogen-bond acceptors (Lipinski definition) is 7. The van der Waals surface area contributed by atoms with Gasteiger partial charge in [-0.3, -0.25) is 4.98 Å². The number of anilines is 5. The maximum absolute atomic E-state index is 13.2. The lowest BCUT2D eigenvalue weighted by molar-refractivity contribution is 0.624. The second-order valence-electron chi connectivity index (χ2n) is 7.86. The van der Waals surface area contributed by atoms with Gasteiger partial charge in [0.25, 0.3) is 0 Å². The summed E-state index contributed by atoms with van der Waals surface area (Å²) in [6.07, 6.45) is 1.54. The number of pyridine rings is 1. The van der Waals surface area contributed by atoms with E-state index in [9.17, 15) is 4.39 Å². The molecule has 0 saturated carbocycles. The van der Waals surface area contributed by atoms with E-state index in [1.54, 1.807) is 0 Å². The van der Waals surface area contributed by atoms with E-state index in [1.807, 2.05) is 49.4 Å². The molecule has 1 aliphatic heterocycles. The third-order valence-corrected chi connectivity index (χ3v) is 5.76. The fourth-order valence-corrected chi connectivity index (χ4v) is 4.06. The van der Waals surface area contributed by atoms with E-state index >= 15 is 0 Å². The van der Waals surface area contributed by atoms with Gasteiger partial charge in [0.1, 0.15) is 17.8 Å². The van der Waals surface area contributed by atoms with Crippen molar-refractivity contribution in [1.29, 1.82) is 0 Å². The lowest BCUT2D eigenvalue weighted by Gasteiger charge is -2.37. The Bertz CT molecular complexity index is 1250. The summed E-state index contributed by atoms with van der Waals surface area (Å²) in [5.74, 6) is 1.07. The molecule has 2 aromatic carbocycles. The minimum Gasteiger partial charge on any atom is -0.393 e. The standard InChI is InChI=1S/C24H24FN7/c1-16-5-10-19-20(29-16)3-2-4-21(19)30-23-22(26)24(28-15-27-23)32-13-11-31(12-14-32)18-8-6-17(25)7-9-18/h2-10,15H,11-14,26H2,1H3,(H,27,28,30). The van der Waals surface area contributed by atoms with Crippen molar-refractivity contribution in [2.24, 2.45) is 0 Å². The Morgan fingerprint density at radius 3 is 2.44 bits per heavy atom. The summed E-state index contributed by atoms with van der Waals surface area (Å²) in [6, 6.07) is 16.6. The lowest BCUT2D eigenvalue weighted by Crippen LogP contribution is -2.47. The van der Waals surface area contributed by atoms with Crippen molar-refractivity contribution < 1.29 is 4.39 Å². The summed E-state index contributed by atoms with van der Waals surface area (Å²) in [5, 5.41) is 4.37. The molecule has 5 rings (SSSR count). The number of nitrogens with zero attached hydrogens (tertiary/aromatic N) is 5. The molecular weight excluding hydrogens is 405 g/mol. The van der Waals surface area contributed by atoms with Crippen LogP contribution >= 0.6 is 0 Å². The predicted molar refractivity (Wildman–Crippen MR) is 127 cm³/mol. The van der Waals surface area contributed by atoms with E-state index in [-0.39, 0.29) is 5.82 Å². The van der Waals surface area contributed by atoms with Crippen LogP contribution in [0.1, 0.15) is 5.69 Å². The van der Waals surface area contributed by atoms with Crippen molar-refractivity contribution in [2.75, 3.05) is 47.0 Å². The summed E-state index contributed by atoms with van der Waals surface area (Å²) in [7, 11) is 0. The van der Waals surface area contributed by atoms with Gasteiger partial charge >= 0.3 is 0 Å². The monoisotopic (exact) mass is 429 g/mol. The summed E-state index contributed by atoms with van der Waals surface area (Å²) in [4.78, 5) is 17.8. The van der Waals surface area contributed by atoms with Crippen LogP contribution in [-0.2, 0) is 0 Å². The highest BCUT2D eigenvalue weighted by Crippen LogP contribution is 2.32. The highest BCUT2D eigenvalue weighted by molar-refractivity contribution is 5.94. The highest BCUT2D eigenvalue weighted by Gasteiger charge is 2.22. The first-order valence-electron chi connectivity index (χ1n) is 10.6. The maximum atomic E-state index is 13.2. The normalized spacial score (nSPS) is 14.1. The zero-order chi connectivity index (χ0) is 22.1. The van der Waals surface area contributed by atoms with Crippen molar-refractivity contribution in [1.82, 2.24) is 15.0 Å². The summed E-state index contributed by atoms with van der Waals surface area (Å²) in [5.41, 5.74) is 10.8. The summed E-state index contributed by atoms with van der Waals surface area (Å²) in [6.45, 7) is 5.09. The second kappa shape index (κ2) is 8.30. The van der Waals surface area contributed by atoms with Gasteiger partial charge in [-0.25, -0.2) is 14.4 Å². The molecule has 3 N–H and O–H groups in total. The number of aromatic nitrogens is 3. The maximum Gasteiger partial charge on any atom is 0.159 e. The molecule has 0 spiro atoms. The van der Waals surface area contributed by atoms with Gasteiger partial charge in [0, 0.05) is 48.6 Å². The lowest BCUT2D eigenvalue weighted by atomic mass is 10.1. The fraction of sp³-hybridized carbons (Fsp3) is 0.208. The molecule has 0 bridgehead atoms. The number of nitrogens with one attached hydrogen (secondary N) is 1. The number of nitrogen functional groups attached to an aromatic ring is 1. The van der Waals surface area contributed by atoms with Gasteiger partial charge in [0.15, 0.2) is 11.6 Å². The largest absolute Gasteiger partial charge is 0.393 e. The van der Waals surface area contributed by atoms with Crippen LogP contribution in [-0.4, -0.2) is 41.1 Å². The molecule has 0 amide bonds. The van der Waals surface area contributed by atoms with Gasteiger partial charge in [0.2, 0.25) is 0 Å². The van der Waals surface area contributed by atoms with E-state index in [0.29, 0.717) is 11.5 Å². The number of piperazine rings is 1. The molecule has 3 heterocycles. The van der Waals surface area contributed by atoms with Crippen LogP contribution in [0, 0.1) is 12.7 Å². The molecule has 1 fully saturated rings. The van der Waals surface area contributed by atoms with Gasteiger partial charge in [-0.15, -0.1) is 0 Å². The average Bonchev–Trinajstić information content (AvgIpc) is 2.81. The Kier molecular flexibility index (Phi) is 5.18. The van der Waals surface area contributed by atoms with E-state index in [2.05, 4.69) is 30.1 Å². The first kappa shape index (κ1) is 20.0. The average molecular weight is 430 g/mol. The highest BCUT2D eigenvalue weighted by atomic mass is 19.1. The van der Waals surface area contributed by atoms with E-state index in [4.69, 9.17) is 5.73 Å². The summed E-state index contributed by atoms with van der Waals surface area (Å²) >= 11 is 0. The smallest absolute Gasteiger partial charge is 0.159 e. The molecule has 32 heavy (non-hydrogen) atoms. The third kappa shape index (κ3) is 3.87. The topological polar surface area (TPSA) is 83.2 Å². The predicted octanol–water partition coefficient (Wildman–Crippen LogP) is 4.12. The fourth-order valence-electron chi connectivity index (χ4n) is 4.06. The quantitative estimate of drug-likeness (QED) is 0.505. The van der Waals surface area contributed by atoms with E-state index in [0.717, 1.165) is 60.0 Å².